The highest BCUT2D eigenvalue weighted by molar-refractivity contribution is 7.93. The molecule has 2 aromatic carbocycles. The highest BCUT2D eigenvalue weighted by Gasteiger charge is 2.31. The maximum Gasteiger partial charge on any atom is 0.254 e. The standard InChI is InChI=1S/C20H21FN2O3S/c21-17-8-4-15(5-9-17)19-3-1-12-22(19)20(24)16-6-10-18(11-7-16)23-13-2-14-27(23,25)26/h4-11,19H,1-3,12-14H2. The van der Waals surface area contributed by atoms with E-state index in [-0.39, 0.29) is 23.5 Å². The number of nitrogens with zero attached hydrogens (tertiary/aromatic N) is 2. The van der Waals surface area contributed by atoms with E-state index in [1.807, 2.05) is 4.90 Å². The topological polar surface area (TPSA) is 57.7 Å². The molecule has 27 heavy (non-hydrogen) atoms. The summed E-state index contributed by atoms with van der Waals surface area (Å²) in [6.45, 7) is 1.14. The minimum Gasteiger partial charge on any atom is -0.332 e. The molecule has 2 aliphatic rings. The Bertz CT molecular complexity index is 942. The normalized spacial score (nSPS) is 21.6. The predicted octanol–water partition coefficient (Wildman–Crippen LogP) is 3.34. The third-order valence-electron chi connectivity index (χ3n) is 5.27. The van der Waals surface area contributed by atoms with Gasteiger partial charge in [-0.2, -0.15) is 0 Å². The molecule has 0 aliphatic carbocycles. The van der Waals surface area contributed by atoms with Gasteiger partial charge in [0.1, 0.15) is 5.82 Å². The van der Waals surface area contributed by atoms with Gasteiger partial charge in [-0.15, -0.1) is 0 Å². The average molecular weight is 388 g/mol. The first kappa shape index (κ1) is 18.0. The minimum atomic E-state index is -3.23. The van der Waals surface area contributed by atoms with Gasteiger partial charge in [-0.05, 0) is 61.2 Å². The van der Waals surface area contributed by atoms with Crippen LogP contribution in [0.5, 0.6) is 0 Å². The smallest absolute Gasteiger partial charge is 0.254 e. The lowest BCUT2D eigenvalue weighted by Crippen LogP contribution is -2.30. The monoisotopic (exact) mass is 388 g/mol. The average Bonchev–Trinajstić information content (AvgIpc) is 3.28. The summed E-state index contributed by atoms with van der Waals surface area (Å²) in [6.07, 6.45) is 2.37. The molecule has 1 atom stereocenters. The summed E-state index contributed by atoms with van der Waals surface area (Å²) < 4.78 is 38.7. The predicted molar refractivity (Wildman–Crippen MR) is 102 cm³/mol. The Kier molecular flexibility index (Phi) is 4.63. The van der Waals surface area contributed by atoms with Gasteiger partial charge >= 0.3 is 0 Å². The zero-order chi connectivity index (χ0) is 19.0. The lowest BCUT2D eigenvalue weighted by atomic mass is 10.0. The van der Waals surface area contributed by atoms with Gasteiger partial charge in [0.2, 0.25) is 10.0 Å². The molecular formula is C20H21FN2O3S. The molecule has 0 aromatic heterocycles. The van der Waals surface area contributed by atoms with Crippen LogP contribution in [-0.4, -0.2) is 38.1 Å². The summed E-state index contributed by atoms with van der Waals surface area (Å²) in [7, 11) is -3.23. The van der Waals surface area contributed by atoms with Gasteiger partial charge in [-0.1, -0.05) is 12.1 Å². The van der Waals surface area contributed by atoms with E-state index < -0.39 is 10.0 Å². The van der Waals surface area contributed by atoms with E-state index in [2.05, 4.69) is 0 Å². The van der Waals surface area contributed by atoms with E-state index in [0.717, 1.165) is 18.4 Å². The number of anilines is 1. The van der Waals surface area contributed by atoms with E-state index in [9.17, 15) is 17.6 Å². The Hall–Kier alpha value is -2.41. The lowest BCUT2D eigenvalue weighted by molar-refractivity contribution is 0.0735. The summed E-state index contributed by atoms with van der Waals surface area (Å²) in [4.78, 5) is 14.8. The van der Waals surface area contributed by atoms with Crippen LogP contribution in [0, 0.1) is 5.82 Å². The number of benzene rings is 2. The summed E-state index contributed by atoms with van der Waals surface area (Å²) in [5.74, 6) is -0.208. The molecule has 0 spiro atoms. The van der Waals surface area contributed by atoms with E-state index in [4.69, 9.17) is 0 Å². The van der Waals surface area contributed by atoms with Crippen LogP contribution in [0.25, 0.3) is 0 Å². The van der Waals surface area contributed by atoms with Crippen molar-refractivity contribution in [2.75, 3.05) is 23.1 Å². The van der Waals surface area contributed by atoms with Crippen molar-refractivity contribution in [3.05, 3.63) is 65.5 Å². The number of carbonyl (C=O) groups excluding carboxylic acids is 1. The molecule has 0 saturated carbocycles. The van der Waals surface area contributed by atoms with Gasteiger partial charge in [0, 0.05) is 18.7 Å². The molecule has 2 aromatic rings. The van der Waals surface area contributed by atoms with Crippen LogP contribution in [0.2, 0.25) is 0 Å². The number of sulfonamides is 1. The van der Waals surface area contributed by atoms with E-state index in [1.165, 1.54) is 16.4 Å². The zero-order valence-electron chi connectivity index (χ0n) is 14.8. The second-order valence-electron chi connectivity index (χ2n) is 7.00. The number of carbonyl (C=O) groups is 1. The van der Waals surface area contributed by atoms with Gasteiger partial charge in [0.15, 0.2) is 0 Å². The van der Waals surface area contributed by atoms with Crippen molar-refractivity contribution in [3.8, 4) is 0 Å². The fourth-order valence-electron chi connectivity index (χ4n) is 3.91. The van der Waals surface area contributed by atoms with Gasteiger partial charge in [0.05, 0.1) is 17.5 Å². The second-order valence-corrected chi connectivity index (χ2v) is 9.01. The van der Waals surface area contributed by atoms with Crippen molar-refractivity contribution in [3.63, 3.8) is 0 Å². The fourth-order valence-corrected chi connectivity index (χ4v) is 5.47. The van der Waals surface area contributed by atoms with Crippen LogP contribution in [0.1, 0.15) is 41.2 Å². The molecule has 2 saturated heterocycles. The molecule has 0 bridgehead atoms. The maximum absolute atomic E-state index is 13.2. The van der Waals surface area contributed by atoms with Crippen molar-refractivity contribution < 1.29 is 17.6 Å². The molecule has 5 nitrogen and oxygen atoms in total. The Balaban J connectivity index is 1.54. The quantitative estimate of drug-likeness (QED) is 0.810. The van der Waals surface area contributed by atoms with Crippen LogP contribution < -0.4 is 4.31 Å². The van der Waals surface area contributed by atoms with Crippen molar-refractivity contribution in [2.45, 2.75) is 25.3 Å². The van der Waals surface area contributed by atoms with E-state index in [0.29, 0.717) is 30.8 Å². The number of rotatable bonds is 3. The lowest BCUT2D eigenvalue weighted by Gasteiger charge is -2.25. The highest BCUT2D eigenvalue weighted by atomic mass is 32.2. The first-order valence-electron chi connectivity index (χ1n) is 9.13. The largest absolute Gasteiger partial charge is 0.332 e. The third-order valence-corrected chi connectivity index (χ3v) is 7.14. The summed E-state index contributed by atoms with van der Waals surface area (Å²) in [5.41, 5.74) is 2.06. The summed E-state index contributed by atoms with van der Waals surface area (Å²) in [5, 5.41) is 0. The van der Waals surface area contributed by atoms with Crippen LogP contribution >= 0.6 is 0 Å². The Labute approximate surface area is 158 Å². The van der Waals surface area contributed by atoms with E-state index >= 15 is 0 Å². The molecule has 0 radical (unpaired) electrons. The van der Waals surface area contributed by atoms with Gasteiger partial charge in [-0.3, -0.25) is 9.10 Å². The molecule has 1 unspecified atom stereocenters. The molecule has 2 aliphatic heterocycles. The summed E-state index contributed by atoms with van der Waals surface area (Å²) >= 11 is 0. The Morgan fingerprint density at radius 2 is 1.67 bits per heavy atom. The van der Waals surface area contributed by atoms with Crippen molar-refractivity contribution >= 4 is 21.6 Å². The minimum absolute atomic E-state index is 0.0586. The van der Waals surface area contributed by atoms with Gasteiger partial charge in [0.25, 0.3) is 5.91 Å². The molecular weight excluding hydrogens is 367 g/mol. The molecule has 2 heterocycles. The molecule has 0 N–H and O–H groups in total. The maximum atomic E-state index is 13.2. The van der Waals surface area contributed by atoms with Crippen LogP contribution in [-0.2, 0) is 10.0 Å². The van der Waals surface area contributed by atoms with Crippen molar-refractivity contribution in [1.82, 2.24) is 4.90 Å². The molecule has 1 amide bonds. The van der Waals surface area contributed by atoms with Gasteiger partial charge in [-0.25, -0.2) is 12.8 Å². The molecule has 142 valence electrons. The number of likely N-dealkylation sites (tertiary alicyclic amines) is 1. The van der Waals surface area contributed by atoms with Crippen molar-refractivity contribution in [1.29, 1.82) is 0 Å². The Morgan fingerprint density at radius 3 is 2.30 bits per heavy atom. The fraction of sp³-hybridized carbons (Fsp3) is 0.350. The van der Waals surface area contributed by atoms with Crippen LogP contribution in [0.4, 0.5) is 10.1 Å². The Morgan fingerprint density at radius 1 is 0.963 bits per heavy atom. The number of amides is 1. The molecule has 7 heteroatoms. The van der Waals surface area contributed by atoms with Gasteiger partial charge < -0.3 is 4.90 Å². The summed E-state index contributed by atoms with van der Waals surface area (Å²) in [6, 6.07) is 13.0. The molecule has 2 fully saturated rings. The first-order valence-corrected chi connectivity index (χ1v) is 10.7. The third kappa shape index (κ3) is 3.43. The number of hydrogen-bond acceptors (Lipinski definition) is 3. The second kappa shape index (κ2) is 6.96. The van der Waals surface area contributed by atoms with Crippen LogP contribution in [0.15, 0.2) is 48.5 Å². The SMILES string of the molecule is O=C(c1ccc(N2CCCS2(=O)=O)cc1)N1CCCC1c1ccc(F)cc1. The highest BCUT2D eigenvalue weighted by Crippen LogP contribution is 2.33. The first-order chi connectivity index (χ1) is 13.0. The molecule has 4 rings (SSSR count). The zero-order valence-corrected chi connectivity index (χ0v) is 15.7. The number of halogens is 1. The van der Waals surface area contributed by atoms with E-state index in [1.54, 1.807) is 36.4 Å². The van der Waals surface area contributed by atoms with Crippen LogP contribution in [0.3, 0.4) is 0 Å². The number of hydrogen-bond donors (Lipinski definition) is 0. The van der Waals surface area contributed by atoms with Crippen molar-refractivity contribution in [2.24, 2.45) is 0 Å².